The lowest BCUT2D eigenvalue weighted by molar-refractivity contribution is 1.09. The van der Waals surface area contributed by atoms with Crippen LogP contribution in [0.4, 0.5) is 0 Å². The number of hydrogen-bond donors (Lipinski definition) is 2. The van der Waals surface area contributed by atoms with E-state index in [0.29, 0.717) is 10.6 Å². The Morgan fingerprint density at radius 2 is 2.06 bits per heavy atom. The Morgan fingerprint density at radius 1 is 1.24 bits per heavy atom. The van der Waals surface area contributed by atoms with E-state index in [1.807, 2.05) is 6.07 Å². The largest absolute Gasteiger partial charge is 0.384 e. The molecule has 0 bridgehead atoms. The third kappa shape index (κ3) is 3.18. The highest BCUT2D eigenvalue weighted by molar-refractivity contribution is 7.99. The molecule has 4 nitrogen and oxygen atoms in total. The average molecular weight is 265 g/mol. The minimum absolute atomic E-state index is 0.0262. The quantitative estimate of drug-likeness (QED) is 0.660. The third-order valence-corrected chi connectivity index (χ3v) is 3.06. The van der Waals surface area contributed by atoms with E-state index in [9.17, 15) is 0 Å². The van der Waals surface area contributed by atoms with Crippen LogP contribution < -0.4 is 5.73 Å². The van der Waals surface area contributed by atoms with Crippen molar-refractivity contribution in [2.45, 2.75) is 10.1 Å². The van der Waals surface area contributed by atoms with Crippen LogP contribution in [-0.2, 0) is 0 Å². The second-order valence-electron chi connectivity index (χ2n) is 3.21. The van der Waals surface area contributed by atoms with Gasteiger partial charge in [0.15, 0.2) is 0 Å². The molecule has 6 heteroatoms. The fraction of sp³-hybridized carbons (Fsp3) is 0. The first-order valence-electron chi connectivity index (χ1n) is 4.75. The zero-order valence-electron chi connectivity index (χ0n) is 8.72. The molecule has 0 aliphatic heterocycles. The molecule has 0 radical (unpaired) electrons. The SMILES string of the molecule is N=C(N)c1ccnc(Sc2ccc(Cl)cn2)c1. The first-order chi connectivity index (χ1) is 8.15. The molecule has 0 aromatic carbocycles. The highest BCUT2D eigenvalue weighted by atomic mass is 35.5. The maximum atomic E-state index is 7.35. The van der Waals surface area contributed by atoms with Crippen LogP contribution in [0.2, 0.25) is 5.02 Å². The van der Waals surface area contributed by atoms with E-state index >= 15 is 0 Å². The fourth-order valence-electron chi connectivity index (χ4n) is 1.16. The highest BCUT2D eigenvalue weighted by Gasteiger charge is 2.03. The van der Waals surface area contributed by atoms with E-state index in [2.05, 4.69) is 9.97 Å². The summed E-state index contributed by atoms with van der Waals surface area (Å²) >= 11 is 7.14. The lowest BCUT2D eigenvalue weighted by Gasteiger charge is -2.02. The monoisotopic (exact) mass is 264 g/mol. The van der Waals surface area contributed by atoms with Crippen molar-refractivity contribution in [1.29, 1.82) is 5.41 Å². The third-order valence-electron chi connectivity index (χ3n) is 1.96. The summed E-state index contributed by atoms with van der Waals surface area (Å²) in [4.78, 5) is 8.33. The first kappa shape index (κ1) is 11.9. The fourth-order valence-corrected chi connectivity index (χ4v) is 2.03. The van der Waals surface area contributed by atoms with Crippen molar-refractivity contribution in [2.75, 3.05) is 0 Å². The molecular weight excluding hydrogens is 256 g/mol. The molecule has 0 saturated heterocycles. The van der Waals surface area contributed by atoms with Crippen molar-refractivity contribution in [3.8, 4) is 0 Å². The van der Waals surface area contributed by atoms with E-state index in [0.717, 1.165) is 10.1 Å². The average Bonchev–Trinajstić information content (AvgIpc) is 2.32. The van der Waals surface area contributed by atoms with Crippen molar-refractivity contribution in [3.05, 3.63) is 47.2 Å². The Kier molecular flexibility index (Phi) is 3.61. The summed E-state index contributed by atoms with van der Waals surface area (Å²) in [6.07, 6.45) is 3.20. The van der Waals surface area contributed by atoms with Gasteiger partial charge in [-0.1, -0.05) is 23.4 Å². The Hall–Kier alpha value is -1.59. The van der Waals surface area contributed by atoms with E-state index in [1.165, 1.54) is 11.8 Å². The molecule has 0 aliphatic carbocycles. The smallest absolute Gasteiger partial charge is 0.122 e. The van der Waals surface area contributed by atoms with Crippen LogP contribution in [-0.4, -0.2) is 15.8 Å². The molecule has 3 N–H and O–H groups in total. The summed E-state index contributed by atoms with van der Waals surface area (Å²) in [5.74, 6) is 0.0262. The van der Waals surface area contributed by atoms with Gasteiger partial charge in [0.1, 0.15) is 15.9 Å². The molecule has 0 atom stereocenters. The number of pyridine rings is 2. The van der Waals surface area contributed by atoms with Crippen LogP contribution >= 0.6 is 23.4 Å². The van der Waals surface area contributed by atoms with Gasteiger partial charge in [-0.25, -0.2) is 9.97 Å². The molecule has 17 heavy (non-hydrogen) atoms. The van der Waals surface area contributed by atoms with Crippen LogP contribution in [0, 0.1) is 5.41 Å². The predicted molar refractivity (Wildman–Crippen MR) is 68.6 cm³/mol. The summed E-state index contributed by atoms with van der Waals surface area (Å²) in [6, 6.07) is 7.03. The Balaban J connectivity index is 2.21. The van der Waals surface area contributed by atoms with Crippen LogP contribution in [0.25, 0.3) is 0 Å². The van der Waals surface area contributed by atoms with E-state index in [-0.39, 0.29) is 5.84 Å². The highest BCUT2D eigenvalue weighted by Crippen LogP contribution is 2.25. The lowest BCUT2D eigenvalue weighted by atomic mass is 10.2. The van der Waals surface area contributed by atoms with Gasteiger partial charge in [0.05, 0.1) is 5.02 Å². The first-order valence-corrected chi connectivity index (χ1v) is 5.94. The van der Waals surface area contributed by atoms with Crippen molar-refractivity contribution >= 4 is 29.2 Å². The summed E-state index contributed by atoms with van der Waals surface area (Å²) in [6.45, 7) is 0. The maximum absolute atomic E-state index is 7.35. The molecular formula is C11H9ClN4S. The number of nitrogens with one attached hydrogen (secondary N) is 1. The van der Waals surface area contributed by atoms with Crippen LogP contribution in [0.5, 0.6) is 0 Å². The minimum Gasteiger partial charge on any atom is -0.384 e. The van der Waals surface area contributed by atoms with E-state index in [1.54, 1.807) is 30.6 Å². The van der Waals surface area contributed by atoms with Crippen LogP contribution in [0.15, 0.2) is 46.7 Å². The van der Waals surface area contributed by atoms with Gasteiger partial charge in [0, 0.05) is 18.0 Å². The van der Waals surface area contributed by atoms with E-state index < -0.39 is 0 Å². The van der Waals surface area contributed by atoms with Crippen LogP contribution in [0.1, 0.15) is 5.56 Å². The molecule has 0 spiro atoms. The normalized spacial score (nSPS) is 10.2. The summed E-state index contributed by atoms with van der Waals surface area (Å²) in [5.41, 5.74) is 6.06. The van der Waals surface area contributed by atoms with Crippen molar-refractivity contribution in [1.82, 2.24) is 9.97 Å². The lowest BCUT2D eigenvalue weighted by Crippen LogP contribution is -2.10. The number of amidine groups is 1. The standard InChI is InChI=1S/C11H9ClN4S/c12-8-1-2-9(16-6-8)17-10-5-7(11(13)14)3-4-15-10/h1-6H,(H3,13,14). The Morgan fingerprint density at radius 3 is 2.71 bits per heavy atom. The Bertz CT molecular complexity index is 541. The predicted octanol–water partition coefficient (Wildman–Crippen LogP) is 2.57. The molecule has 2 rings (SSSR count). The van der Waals surface area contributed by atoms with Gasteiger partial charge < -0.3 is 5.73 Å². The van der Waals surface area contributed by atoms with E-state index in [4.69, 9.17) is 22.7 Å². The second-order valence-corrected chi connectivity index (χ2v) is 4.69. The van der Waals surface area contributed by atoms with Crippen molar-refractivity contribution in [3.63, 3.8) is 0 Å². The van der Waals surface area contributed by atoms with Crippen molar-refractivity contribution < 1.29 is 0 Å². The van der Waals surface area contributed by atoms with Crippen LogP contribution in [0.3, 0.4) is 0 Å². The van der Waals surface area contributed by atoms with Gasteiger partial charge in [0.25, 0.3) is 0 Å². The number of aromatic nitrogens is 2. The van der Waals surface area contributed by atoms with Gasteiger partial charge in [-0.3, -0.25) is 5.41 Å². The number of nitrogen functional groups attached to an aromatic ring is 1. The number of hydrogen-bond acceptors (Lipinski definition) is 4. The second kappa shape index (κ2) is 5.16. The molecule has 2 heterocycles. The summed E-state index contributed by atoms with van der Waals surface area (Å²) < 4.78 is 0. The maximum Gasteiger partial charge on any atom is 0.122 e. The van der Waals surface area contributed by atoms with Gasteiger partial charge in [-0.2, -0.15) is 0 Å². The topological polar surface area (TPSA) is 75.7 Å². The number of rotatable bonds is 3. The number of nitrogens with two attached hydrogens (primary N) is 1. The summed E-state index contributed by atoms with van der Waals surface area (Å²) in [5, 5.41) is 9.48. The molecule has 0 fully saturated rings. The van der Waals surface area contributed by atoms with Gasteiger partial charge in [-0.15, -0.1) is 0 Å². The van der Waals surface area contributed by atoms with Gasteiger partial charge >= 0.3 is 0 Å². The number of nitrogens with zero attached hydrogens (tertiary/aromatic N) is 2. The molecule has 0 amide bonds. The minimum atomic E-state index is 0.0262. The molecule has 2 aromatic heterocycles. The van der Waals surface area contributed by atoms with Crippen molar-refractivity contribution in [2.24, 2.45) is 5.73 Å². The Labute approximate surface area is 108 Å². The summed E-state index contributed by atoms with van der Waals surface area (Å²) in [7, 11) is 0. The molecule has 2 aromatic rings. The molecule has 86 valence electrons. The number of halogens is 1. The van der Waals surface area contributed by atoms with Gasteiger partial charge in [0.2, 0.25) is 0 Å². The zero-order chi connectivity index (χ0) is 12.3. The molecule has 0 saturated carbocycles. The zero-order valence-corrected chi connectivity index (χ0v) is 10.3. The molecule has 0 aliphatic rings. The van der Waals surface area contributed by atoms with Gasteiger partial charge in [-0.05, 0) is 24.3 Å². The molecule has 0 unspecified atom stereocenters.